The summed E-state index contributed by atoms with van der Waals surface area (Å²) in [5.74, 6) is -1.73. The Morgan fingerprint density at radius 1 is 1.40 bits per heavy atom. The molecular weight excluding hydrogens is 258 g/mol. The Bertz CT molecular complexity index is 661. The monoisotopic (exact) mass is 275 g/mol. The minimum Gasteiger partial charge on any atom is -0.480 e. The van der Waals surface area contributed by atoms with E-state index in [0.29, 0.717) is 5.65 Å². The first-order chi connectivity index (χ1) is 9.38. The third kappa shape index (κ3) is 2.79. The van der Waals surface area contributed by atoms with Gasteiger partial charge in [0.05, 0.1) is 0 Å². The van der Waals surface area contributed by atoms with Gasteiger partial charge in [-0.05, 0) is 30.5 Å². The lowest BCUT2D eigenvalue weighted by Gasteiger charge is -2.16. The van der Waals surface area contributed by atoms with Crippen LogP contribution in [0.3, 0.4) is 0 Å². The number of aryl methyl sites for hydroxylation is 1. The molecule has 0 fully saturated rings. The maximum atomic E-state index is 12.1. The predicted octanol–water partition coefficient (Wildman–Crippen LogP) is 1.48. The number of aromatic nitrogens is 2. The quantitative estimate of drug-likeness (QED) is 0.885. The number of fused-ring (bicyclic) bond motifs is 1. The van der Waals surface area contributed by atoms with Crippen LogP contribution in [0, 0.1) is 12.8 Å². The van der Waals surface area contributed by atoms with Gasteiger partial charge in [0.1, 0.15) is 17.4 Å². The van der Waals surface area contributed by atoms with Crippen molar-refractivity contribution in [1.29, 1.82) is 0 Å². The second kappa shape index (κ2) is 5.32. The van der Waals surface area contributed by atoms with Crippen molar-refractivity contribution in [3.63, 3.8) is 0 Å². The van der Waals surface area contributed by atoms with Crippen LogP contribution in [-0.2, 0) is 4.79 Å². The number of amides is 1. The van der Waals surface area contributed by atoms with Crippen LogP contribution in [-0.4, -0.2) is 32.4 Å². The fourth-order valence-corrected chi connectivity index (χ4v) is 1.92. The summed E-state index contributed by atoms with van der Waals surface area (Å²) in [5.41, 5.74) is 1.91. The van der Waals surface area contributed by atoms with Crippen LogP contribution in [0.5, 0.6) is 0 Å². The first kappa shape index (κ1) is 14.0. The largest absolute Gasteiger partial charge is 0.480 e. The van der Waals surface area contributed by atoms with Crippen molar-refractivity contribution >= 4 is 17.5 Å². The van der Waals surface area contributed by atoms with Crippen LogP contribution < -0.4 is 5.32 Å². The minimum absolute atomic E-state index is 0.198. The van der Waals surface area contributed by atoms with E-state index in [1.807, 2.05) is 25.3 Å². The Morgan fingerprint density at radius 2 is 2.10 bits per heavy atom. The molecule has 1 amide bonds. The third-order valence-corrected chi connectivity index (χ3v) is 3.07. The highest BCUT2D eigenvalue weighted by atomic mass is 16.4. The molecule has 2 heterocycles. The molecule has 0 radical (unpaired) electrons. The van der Waals surface area contributed by atoms with Crippen LogP contribution in [0.1, 0.15) is 29.9 Å². The summed E-state index contributed by atoms with van der Waals surface area (Å²) < 4.78 is 1.73. The molecule has 2 aromatic heterocycles. The van der Waals surface area contributed by atoms with Gasteiger partial charge in [-0.25, -0.2) is 9.78 Å². The number of imidazole rings is 1. The molecule has 2 N–H and O–H groups in total. The van der Waals surface area contributed by atoms with Crippen LogP contribution in [0.2, 0.25) is 0 Å². The number of carboxylic acid groups (broad SMARTS) is 1. The van der Waals surface area contributed by atoms with Gasteiger partial charge in [-0.1, -0.05) is 13.8 Å². The van der Waals surface area contributed by atoms with Gasteiger partial charge in [-0.15, -0.1) is 0 Å². The summed E-state index contributed by atoms with van der Waals surface area (Å²) in [6, 6.07) is 2.84. The van der Waals surface area contributed by atoms with E-state index in [4.69, 9.17) is 5.11 Å². The number of rotatable bonds is 4. The summed E-state index contributed by atoms with van der Waals surface area (Å²) in [5, 5.41) is 11.6. The van der Waals surface area contributed by atoms with E-state index in [2.05, 4.69) is 10.3 Å². The highest BCUT2D eigenvalue weighted by molar-refractivity contribution is 5.95. The molecule has 0 saturated heterocycles. The Hall–Kier alpha value is -2.37. The van der Waals surface area contributed by atoms with Crippen LogP contribution in [0.15, 0.2) is 24.5 Å². The Labute approximate surface area is 116 Å². The number of hydrogen-bond acceptors (Lipinski definition) is 3. The average Bonchev–Trinajstić information content (AvgIpc) is 2.77. The zero-order valence-electron chi connectivity index (χ0n) is 11.6. The van der Waals surface area contributed by atoms with E-state index in [9.17, 15) is 9.59 Å². The SMILES string of the molecule is Cc1ccn2cc(C(=O)N[C@@H](C(=O)O)C(C)C)nc2c1. The fraction of sp³-hybridized carbons (Fsp3) is 0.357. The fourth-order valence-electron chi connectivity index (χ4n) is 1.92. The van der Waals surface area contributed by atoms with Crippen molar-refractivity contribution in [2.24, 2.45) is 5.92 Å². The minimum atomic E-state index is -1.05. The third-order valence-electron chi connectivity index (χ3n) is 3.07. The molecule has 0 saturated carbocycles. The predicted molar refractivity (Wildman–Crippen MR) is 73.7 cm³/mol. The zero-order chi connectivity index (χ0) is 14.9. The van der Waals surface area contributed by atoms with Gasteiger partial charge in [0.25, 0.3) is 5.91 Å². The number of pyridine rings is 1. The van der Waals surface area contributed by atoms with Crippen molar-refractivity contribution in [1.82, 2.24) is 14.7 Å². The summed E-state index contributed by atoms with van der Waals surface area (Å²) in [4.78, 5) is 27.4. The molecule has 2 aromatic rings. The Kier molecular flexibility index (Phi) is 3.74. The van der Waals surface area contributed by atoms with Gasteiger partial charge in [0, 0.05) is 12.4 Å². The van der Waals surface area contributed by atoms with Crippen LogP contribution in [0.4, 0.5) is 0 Å². The molecule has 0 spiro atoms. The number of hydrogen-bond donors (Lipinski definition) is 2. The maximum absolute atomic E-state index is 12.1. The number of carboxylic acids is 1. The first-order valence-corrected chi connectivity index (χ1v) is 6.37. The number of nitrogens with zero attached hydrogens (tertiary/aromatic N) is 2. The van der Waals surface area contributed by atoms with Crippen molar-refractivity contribution < 1.29 is 14.7 Å². The zero-order valence-corrected chi connectivity index (χ0v) is 11.6. The van der Waals surface area contributed by atoms with E-state index < -0.39 is 17.9 Å². The van der Waals surface area contributed by atoms with Gasteiger partial charge in [0.2, 0.25) is 0 Å². The van der Waals surface area contributed by atoms with E-state index in [1.165, 1.54) is 0 Å². The number of nitrogens with one attached hydrogen (secondary N) is 1. The Morgan fingerprint density at radius 3 is 2.70 bits per heavy atom. The lowest BCUT2D eigenvalue weighted by Crippen LogP contribution is -2.44. The molecule has 106 valence electrons. The normalized spacial score (nSPS) is 12.6. The molecule has 1 atom stereocenters. The molecule has 0 unspecified atom stereocenters. The van der Waals surface area contributed by atoms with Crippen molar-refractivity contribution in [2.45, 2.75) is 26.8 Å². The second-order valence-corrected chi connectivity index (χ2v) is 5.13. The lowest BCUT2D eigenvalue weighted by atomic mass is 10.0. The molecule has 2 rings (SSSR count). The number of carbonyl (C=O) groups excluding carboxylic acids is 1. The van der Waals surface area contributed by atoms with E-state index in [-0.39, 0.29) is 11.6 Å². The molecular formula is C14H17N3O3. The van der Waals surface area contributed by atoms with E-state index in [1.54, 1.807) is 24.4 Å². The lowest BCUT2D eigenvalue weighted by molar-refractivity contribution is -0.140. The summed E-state index contributed by atoms with van der Waals surface area (Å²) in [6.45, 7) is 5.42. The van der Waals surface area contributed by atoms with Crippen LogP contribution in [0.25, 0.3) is 5.65 Å². The highest BCUT2D eigenvalue weighted by Gasteiger charge is 2.24. The second-order valence-electron chi connectivity index (χ2n) is 5.13. The van der Waals surface area contributed by atoms with Crippen LogP contribution >= 0.6 is 0 Å². The molecule has 20 heavy (non-hydrogen) atoms. The summed E-state index contributed by atoms with van der Waals surface area (Å²) in [7, 11) is 0. The van der Waals surface area contributed by atoms with E-state index in [0.717, 1.165) is 5.56 Å². The maximum Gasteiger partial charge on any atom is 0.326 e. The molecule has 0 aliphatic carbocycles. The van der Waals surface area contributed by atoms with Crippen molar-refractivity contribution in [2.75, 3.05) is 0 Å². The smallest absolute Gasteiger partial charge is 0.326 e. The van der Waals surface area contributed by atoms with Gasteiger partial charge in [-0.3, -0.25) is 4.79 Å². The molecule has 0 aliphatic rings. The van der Waals surface area contributed by atoms with Crippen molar-refractivity contribution in [3.05, 3.63) is 35.8 Å². The molecule has 6 heteroatoms. The standard InChI is InChI=1S/C14H17N3O3/c1-8(2)12(14(19)20)16-13(18)10-7-17-5-4-9(3)6-11(17)15-10/h4-8,12H,1-3H3,(H,16,18)(H,19,20)/t12-/m1/s1. The van der Waals surface area contributed by atoms with Gasteiger partial charge in [-0.2, -0.15) is 0 Å². The summed E-state index contributed by atoms with van der Waals surface area (Å²) in [6.07, 6.45) is 3.40. The highest BCUT2D eigenvalue weighted by Crippen LogP contribution is 2.09. The molecule has 0 bridgehead atoms. The summed E-state index contributed by atoms with van der Waals surface area (Å²) >= 11 is 0. The van der Waals surface area contributed by atoms with Gasteiger partial charge >= 0.3 is 5.97 Å². The molecule has 0 aliphatic heterocycles. The number of aliphatic carboxylic acids is 1. The number of carbonyl (C=O) groups is 2. The van der Waals surface area contributed by atoms with Gasteiger partial charge in [0.15, 0.2) is 0 Å². The molecule has 6 nitrogen and oxygen atoms in total. The molecule has 0 aromatic carbocycles. The first-order valence-electron chi connectivity index (χ1n) is 6.37. The average molecular weight is 275 g/mol. The van der Waals surface area contributed by atoms with Crippen molar-refractivity contribution in [3.8, 4) is 0 Å². The Balaban J connectivity index is 2.25. The van der Waals surface area contributed by atoms with E-state index >= 15 is 0 Å². The van der Waals surface area contributed by atoms with Gasteiger partial charge < -0.3 is 14.8 Å². The topological polar surface area (TPSA) is 83.7 Å².